The molecule has 3 aromatic rings. The van der Waals surface area contributed by atoms with Crippen molar-refractivity contribution in [2.45, 2.75) is 70.9 Å². The lowest BCUT2D eigenvalue weighted by atomic mass is 9.68. The van der Waals surface area contributed by atoms with Crippen LogP contribution in [-0.2, 0) is 22.6 Å². The number of imide groups is 1. The Hall–Kier alpha value is -4.37. The smallest absolute Gasteiger partial charge is 0.255 e. The van der Waals surface area contributed by atoms with Crippen molar-refractivity contribution in [3.05, 3.63) is 88.5 Å². The molecule has 1 unspecified atom stereocenters. The zero-order chi connectivity index (χ0) is 35.2. The van der Waals surface area contributed by atoms with Gasteiger partial charge in [0.25, 0.3) is 5.91 Å². The van der Waals surface area contributed by atoms with Crippen LogP contribution in [0.1, 0.15) is 84.5 Å². The van der Waals surface area contributed by atoms with Crippen LogP contribution < -0.4 is 15.1 Å². The molecule has 4 aliphatic heterocycles. The maximum absolute atomic E-state index is 13.1. The normalized spacial score (nSPS) is 24.6. The first-order valence-corrected chi connectivity index (χ1v) is 19.1. The quantitative estimate of drug-likeness (QED) is 0.315. The molecule has 3 aromatic carbocycles. The van der Waals surface area contributed by atoms with E-state index in [1.54, 1.807) is 4.90 Å². The summed E-state index contributed by atoms with van der Waals surface area (Å²) in [6, 6.07) is 20.9. The number of piperidine rings is 2. The van der Waals surface area contributed by atoms with Gasteiger partial charge < -0.3 is 19.8 Å². The van der Waals surface area contributed by atoms with Gasteiger partial charge in [-0.2, -0.15) is 0 Å². The summed E-state index contributed by atoms with van der Waals surface area (Å²) in [7, 11) is 0. The lowest BCUT2D eigenvalue weighted by Gasteiger charge is -2.40. The van der Waals surface area contributed by atoms with Crippen molar-refractivity contribution < 1.29 is 19.5 Å². The van der Waals surface area contributed by atoms with E-state index in [2.05, 4.69) is 70.3 Å². The van der Waals surface area contributed by atoms with Crippen LogP contribution in [0.5, 0.6) is 5.75 Å². The fourth-order valence-corrected chi connectivity index (χ4v) is 9.55. The second kappa shape index (κ2) is 14.0. The summed E-state index contributed by atoms with van der Waals surface area (Å²) >= 11 is 0. The molecule has 1 aliphatic carbocycles. The lowest BCUT2D eigenvalue weighted by molar-refractivity contribution is -0.136. The predicted molar refractivity (Wildman–Crippen MR) is 199 cm³/mol. The minimum Gasteiger partial charge on any atom is -0.508 e. The van der Waals surface area contributed by atoms with Gasteiger partial charge in [0, 0.05) is 81.6 Å². The van der Waals surface area contributed by atoms with Crippen molar-refractivity contribution in [3.63, 3.8) is 0 Å². The standard InChI is InChI=1S/C42H51N5O4/c1-27(2)35-10-5-30-24-34(48)9-12-36(30)40(35)29-3-6-32(7-4-29)45-17-15-28(16-18-45)25-44-19-21-46(22-20-44)33-8-11-37-31(23-33)26-47(42(37)51)38-13-14-39(49)43-41(38)50/h3-4,6-9,11-12,23-24,27-28,35,38,40,48H,5,10,13-22,25-26H2,1-2H3,(H,43,49,50)/t35-,38?,40+/m0/s1. The molecule has 0 saturated carbocycles. The van der Waals surface area contributed by atoms with Crippen molar-refractivity contribution in [3.8, 4) is 5.75 Å². The van der Waals surface area contributed by atoms with Crippen molar-refractivity contribution in [2.75, 3.05) is 55.6 Å². The number of aryl methyl sites for hydroxylation is 1. The molecule has 51 heavy (non-hydrogen) atoms. The largest absolute Gasteiger partial charge is 0.508 e. The highest BCUT2D eigenvalue weighted by atomic mass is 16.3. The van der Waals surface area contributed by atoms with Gasteiger partial charge in [0.15, 0.2) is 0 Å². The second-order valence-electron chi connectivity index (χ2n) is 15.9. The Morgan fingerprint density at radius 2 is 1.49 bits per heavy atom. The summed E-state index contributed by atoms with van der Waals surface area (Å²) in [5.74, 6) is 1.90. The van der Waals surface area contributed by atoms with Gasteiger partial charge in [0.05, 0.1) is 0 Å². The number of hydrogen-bond donors (Lipinski definition) is 2. The Kier molecular flexibility index (Phi) is 9.25. The number of nitrogens with zero attached hydrogens (tertiary/aromatic N) is 4. The summed E-state index contributed by atoms with van der Waals surface area (Å²) in [5.41, 5.74) is 8.16. The molecule has 3 saturated heterocycles. The maximum Gasteiger partial charge on any atom is 0.255 e. The summed E-state index contributed by atoms with van der Waals surface area (Å²) < 4.78 is 0. The van der Waals surface area contributed by atoms with Crippen LogP contribution in [0.15, 0.2) is 60.7 Å². The van der Waals surface area contributed by atoms with E-state index in [1.807, 2.05) is 24.3 Å². The van der Waals surface area contributed by atoms with Crippen LogP contribution in [0.4, 0.5) is 11.4 Å². The number of phenolic OH excluding ortho intramolecular Hbond substituents is 1. The fraction of sp³-hybridized carbons (Fsp3) is 0.500. The van der Waals surface area contributed by atoms with E-state index in [1.165, 1.54) is 35.2 Å². The Morgan fingerprint density at radius 3 is 2.22 bits per heavy atom. The number of hydrogen-bond acceptors (Lipinski definition) is 7. The molecule has 3 atom stereocenters. The average molecular weight is 690 g/mol. The number of fused-ring (bicyclic) bond motifs is 2. The highest BCUT2D eigenvalue weighted by molar-refractivity contribution is 6.05. The maximum atomic E-state index is 13.1. The van der Waals surface area contributed by atoms with E-state index in [-0.39, 0.29) is 24.1 Å². The first kappa shape index (κ1) is 33.8. The van der Waals surface area contributed by atoms with Gasteiger partial charge in [-0.05, 0) is 115 Å². The number of piperazine rings is 1. The highest BCUT2D eigenvalue weighted by Crippen LogP contribution is 2.45. The SMILES string of the molecule is CC(C)[C@@H]1CCc2cc(O)ccc2[C@@H]1c1ccc(N2CCC(CN3CCN(c4ccc5c(c4)CN(C4CCC(=O)NC4=O)C5=O)CC3)CC2)cc1. The molecule has 8 rings (SSSR count). The summed E-state index contributed by atoms with van der Waals surface area (Å²) in [5, 5.41) is 12.5. The van der Waals surface area contributed by atoms with Gasteiger partial charge in [-0.15, -0.1) is 0 Å². The van der Waals surface area contributed by atoms with Crippen molar-refractivity contribution >= 4 is 29.1 Å². The number of carbonyl (C=O) groups is 3. The number of amides is 3. The van der Waals surface area contributed by atoms with Crippen LogP contribution in [0.25, 0.3) is 0 Å². The Labute approximate surface area is 301 Å². The van der Waals surface area contributed by atoms with E-state index in [0.29, 0.717) is 48.0 Å². The van der Waals surface area contributed by atoms with Crippen LogP contribution in [0, 0.1) is 17.8 Å². The lowest BCUT2D eigenvalue weighted by Crippen LogP contribution is -2.52. The number of carbonyl (C=O) groups excluding carboxylic acids is 3. The number of benzene rings is 3. The molecule has 0 bridgehead atoms. The number of phenols is 1. The molecular formula is C42H51N5O4. The third-order valence-corrected chi connectivity index (χ3v) is 12.5. The second-order valence-corrected chi connectivity index (χ2v) is 15.9. The van der Waals surface area contributed by atoms with Crippen LogP contribution in [0.2, 0.25) is 0 Å². The van der Waals surface area contributed by atoms with Crippen molar-refractivity contribution in [1.29, 1.82) is 0 Å². The Morgan fingerprint density at radius 1 is 0.765 bits per heavy atom. The molecule has 3 fully saturated rings. The Balaban J connectivity index is 0.825. The average Bonchev–Trinajstić information content (AvgIpc) is 3.46. The third-order valence-electron chi connectivity index (χ3n) is 12.5. The monoisotopic (exact) mass is 689 g/mol. The molecular weight excluding hydrogens is 638 g/mol. The molecule has 0 radical (unpaired) electrons. The molecule has 268 valence electrons. The molecule has 9 heteroatoms. The molecule has 3 amide bonds. The fourth-order valence-electron chi connectivity index (χ4n) is 9.55. The molecule has 4 heterocycles. The van der Waals surface area contributed by atoms with E-state index in [9.17, 15) is 19.5 Å². The van der Waals surface area contributed by atoms with Gasteiger partial charge in [-0.3, -0.25) is 24.6 Å². The van der Waals surface area contributed by atoms with Crippen molar-refractivity contribution in [1.82, 2.24) is 15.1 Å². The number of aromatic hydroxyl groups is 1. The molecule has 5 aliphatic rings. The zero-order valence-corrected chi connectivity index (χ0v) is 30.0. The van der Waals surface area contributed by atoms with E-state index in [0.717, 1.165) is 69.9 Å². The van der Waals surface area contributed by atoms with E-state index >= 15 is 0 Å². The predicted octanol–water partition coefficient (Wildman–Crippen LogP) is 5.54. The Bertz CT molecular complexity index is 1790. The summed E-state index contributed by atoms with van der Waals surface area (Å²) in [4.78, 5) is 46.4. The minimum absolute atomic E-state index is 0.119. The van der Waals surface area contributed by atoms with Crippen LogP contribution >= 0.6 is 0 Å². The van der Waals surface area contributed by atoms with Gasteiger partial charge in [0.1, 0.15) is 11.8 Å². The first-order chi connectivity index (χ1) is 24.7. The third kappa shape index (κ3) is 6.73. The molecule has 0 spiro atoms. The molecule has 9 nitrogen and oxygen atoms in total. The van der Waals surface area contributed by atoms with E-state index < -0.39 is 6.04 Å². The van der Waals surface area contributed by atoms with Crippen LogP contribution in [0.3, 0.4) is 0 Å². The minimum atomic E-state index is -0.581. The zero-order valence-electron chi connectivity index (χ0n) is 30.0. The van der Waals surface area contributed by atoms with Gasteiger partial charge >= 0.3 is 0 Å². The highest BCUT2D eigenvalue weighted by Gasteiger charge is 2.39. The molecule has 0 aromatic heterocycles. The topological polar surface area (TPSA) is 96.4 Å². The van der Waals surface area contributed by atoms with Gasteiger partial charge in [-0.1, -0.05) is 32.0 Å². The van der Waals surface area contributed by atoms with Gasteiger partial charge in [-0.25, -0.2) is 0 Å². The van der Waals surface area contributed by atoms with Gasteiger partial charge in [0.2, 0.25) is 11.8 Å². The number of anilines is 2. The molecule has 2 N–H and O–H groups in total. The summed E-state index contributed by atoms with van der Waals surface area (Å²) in [6.07, 6.45) is 5.26. The first-order valence-electron chi connectivity index (χ1n) is 19.1. The number of nitrogens with one attached hydrogen (secondary N) is 1. The number of rotatable bonds is 7. The summed E-state index contributed by atoms with van der Waals surface area (Å²) in [6.45, 7) is 12.4. The van der Waals surface area contributed by atoms with Crippen molar-refractivity contribution in [2.24, 2.45) is 17.8 Å². The van der Waals surface area contributed by atoms with Crippen LogP contribution in [-0.4, -0.2) is 84.5 Å². The van der Waals surface area contributed by atoms with E-state index in [4.69, 9.17) is 0 Å².